The van der Waals surface area contributed by atoms with E-state index in [1.165, 1.54) is 0 Å². The molecule has 6 nitrogen and oxygen atoms in total. The normalized spacial score (nSPS) is 13.0. The molecule has 2 aromatic rings. The predicted molar refractivity (Wildman–Crippen MR) is 104 cm³/mol. The van der Waals surface area contributed by atoms with E-state index in [4.69, 9.17) is 21.6 Å². The van der Waals surface area contributed by atoms with Crippen molar-refractivity contribution in [3.05, 3.63) is 30.5 Å². The van der Waals surface area contributed by atoms with Crippen molar-refractivity contribution in [2.45, 2.75) is 51.6 Å². The lowest BCUT2D eigenvalue weighted by Gasteiger charge is -2.22. The molecule has 1 heterocycles. The van der Waals surface area contributed by atoms with Gasteiger partial charge in [0.25, 0.3) is 0 Å². The Hall–Kier alpha value is -2.78. The Labute approximate surface area is 159 Å². The minimum absolute atomic E-state index is 0.0142. The molecule has 0 aliphatic heterocycles. The van der Waals surface area contributed by atoms with E-state index in [1.807, 2.05) is 38.1 Å². The van der Waals surface area contributed by atoms with E-state index in [9.17, 15) is 9.59 Å². The lowest BCUT2D eigenvalue weighted by molar-refractivity contribution is -0.148. The fourth-order valence-electron chi connectivity index (χ4n) is 2.68. The number of carbonyl (C=O) groups excluding carboxylic acids is 2. The molecule has 1 unspecified atom stereocenters. The summed E-state index contributed by atoms with van der Waals surface area (Å²) in [5, 5.41) is 0.751. The van der Waals surface area contributed by atoms with Crippen LogP contribution in [0.15, 0.2) is 30.5 Å². The number of esters is 2. The number of fused-ring (bicyclic) bond motifs is 1. The molecule has 1 atom stereocenters. The maximum Gasteiger partial charge on any atom is 0.340 e. The molecule has 0 aliphatic carbocycles. The fourth-order valence-corrected chi connectivity index (χ4v) is 2.68. The summed E-state index contributed by atoms with van der Waals surface area (Å²) in [6.07, 6.45) is 9.88. The van der Waals surface area contributed by atoms with Gasteiger partial charge >= 0.3 is 11.9 Å². The zero-order valence-corrected chi connectivity index (χ0v) is 15.9. The standard InChI is InChI=1S/C21H26N2O4/c1-4-7-13-26-20(25)21(22,6-3)15-23-14-18(27-19(24)10-5-2)16-11-8-9-12-17(16)23/h3,8-9,11-12,14H,4-5,7,10,13,15,22H2,1-2H3. The van der Waals surface area contributed by atoms with Gasteiger partial charge in [-0.15, -0.1) is 6.42 Å². The van der Waals surface area contributed by atoms with E-state index in [2.05, 4.69) is 5.92 Å². The summed E-state index contributed by atoms with van der Waals surface area (Å²) in [6.45, 7) is 4.20. The molecule has 0 radical (unpaired) electrons. The van der Waals surface area contributed by atoms with Crippen molar-refractivity contribution in [1.82, 2.24) is 4.57 Å². The molecule has 0 bridgehead atoms. The van der Waals surface area contributed by atoms with E-state index >= 15 is 0 Å². The van der Waals surface area contributed by atoms with Crippen LogP contribution in [0.1, 0.15) is 39.5 Å². The summed E-state index contributed by atoms with van der Waals surface area (Å²) in [6, 6.07) is 7.39. The van der Waals surface area contributed by atoms with E-state index < -0.39 is 11.5 Å². The topological polar surface area (TPSA) is 83.5 Å². The number of carbonyl (C=O) groups is 2. The summed E-state index contributed by atoms with van der Waals surface area (Å²) >= 11 is 0. The molecular weight excluding hydrogens is 344 g/mol. The second-order valence-corrected chi connectivity index (χ2v) is 6.47. The Morgan fingerprint density at radius 2 is 2.00 bits per heavy atom. The number of ether oxygens (including phenoxy) is 2. The number of benzene rings is 1. The molecule has 0 saturated heterocycles. The first kappa shape index (κ1) is 20.5. The van der Waals surface area contributed by atoms with Gasteiger partial charge in [-0.25, -0.2) is 4.79 Å². The van der Waals surface area contributed by atoms with Crippen molar-refractivity contribution >= 4 is 22.8 Å². The lowest BCUT2D eigenvalue weighted by atomic mass is 10.0. The zero-order chi connectivity index (χ0) is 19.9. The molecule has 0 fully saturated rings. The minimum atomic E-state index is -1.61. The molecular formula is C21H26N2O4. The largest absolute Gasteiger partial charge is 0.464 e. The first-order chi connectivity index (χ1) is 12.9. The second kappa shape index (κ2) is 9.24. The van der Waals surface area contributed by atoms with Crippen molar-refractivity contribution in [2.24, 2.45) is 5.73 Å². The highest BCUT2D eigenvalue weighted by atomic mass is 16.5. The van der Waals surface area contributed by atoms with Gasteiger partial charge in [-0.05, 0) is 25.0 Å². The number of nitrogens with zero attached hydrogens (tertiary/aromatic N) is 1. The molecule has 1 aromatic carbocycles. The molecule has 27 heavy (non-hydrogen) atoms. The van der Waals surface area contributed by atoms with Gasteiger partial charge in [0, 0.05) is 18.0 Å². The highest BCUT2D eigenvalue weighted by Gasteiger charge is 2.35. The average Bonchev–Trinajstić information content (AvgIpc) is 2.99. The number of rotatable bonds is 9. The third-order valence-electron chi connectivity index (χ3n) is 4.20. The Kier molecular flexibility index (Phi) is 7.03. The van der Waals surface area contributed by atoms with Crippen LogP contribution in [0.25, 0.3) is 10.9 Å². The summed E-state index contributed by atoms with van der Waals surface area (Å²) in [5.41, 5.74) is 5.32. The number of hydrogen-bond donors (Lipinski definition) is 1. The summed E-state index contributed by atoms with van der Waals surface area (Å²) in [7, 11) is 0. The Bertz CT molecular complexity index is 849. The first-order valence-corrected chi connectivity index (χ1v) is 9.17. The molecule has 0 amide bonds. The SMILES string of the molecule is C#CC(N)(Cn1cc(OC(=O)CCC)c2ccccc21)C(=O)OCCCC. The van der Waals surface area contributed by atoms with Gasteiger partial charge < -0.3 is 19.8 Å². The summed E-state index contributed by atoms with van der Waals surface area (Å²) in [5.74, 6) is 1.83. The lowest BCUT2D eigenvalue weighted by Crippen LogP contribution is -2.51. The maximum absolute atomic E-state index is 12.4. The van der Waals surface area contributed by atoms with E-state index in [0.717, 1.165) is 23.7 Å². The Morgan fingerprint density at radius 1 is 1.26 bits per heavy atom. The average molecular weight is 370 g/mol. The van der Waals surface area contributed by atoms with Gasteiger partial charge in [0.15, 0.2) is 11.3 Å². The van der Waals surface area contributed by atoms with Crippen LogP contribution in [0.3, 0.4) is 0 Å². The van der Waals surface area contributed by atoms with Gasteiger partial charge in [-0.3, -0.25) is 4.79 Å². The highest BCUT2D eigenvalue weighted by Crippen LogP contribution is 2.29. The number of para-hydroxylation sites is 1. The molecule has 0 aliphatic rings. The van der Waals surface area contributed by atoms with Gasteiger partial charge in [-0.2, -0.15) is 0 Å². The van der Waals surface area contributed by atoms with Crippen molar-refractivity contribution in [2.75, 3.05) is 6.61 Å². The van der Waals surface area contributed by atoms with Crippen LogP contribution >= 0.6 is 0 Å². The molecule has 2 N–H and O–H groups in total. The smallest absolute Gasteiger partial charge is 0.340 e. The van der Waals surface area contributed by atoms with Gasteiger partial charge in [-0.1, -0.05) is 38.3 Å². The van der Waals surface area contributed by atoms with Crippen LogP contribution in [0.4, 0.5) is 0 Å². The number of hydrogen-bond acceptors (Lipinski definition) is 5. The van der Waals surface area contributed by atoms with Crippen LogP contribution in [-0.4, -0.2) is 28.7 Å². The summed E-state index contributed by atoms with van der Waals surface area (Å²) < 4.78 is 12.4. The van der Waals surface area contributed by atoms with Crippen LogP contribution in [0, 0.1) is 12.3 Å². The van der Waals surface area contributed by atoms with Crippen molar-refractivity contribution in [3.8, 4) is 18.1 Å². The van der Waals surface area contributed by atoms with Crippen molar-refractivity contribution < 1.29 is 19.1 Å². The quantitative estimate of drug-likeness (QED) is 0.417. The zero-order valence-electron chi connectivity index (χ0n) is 15.9. The molecule has 1 aromatic heterocycles. The fraction of sp³-hybridized carbons (Fsp3) is 0.429. The minimum Gasteiger partial charge on any atom is -0.464 e. The van der Waals surface area contributed by atoms with Crippen LogP contribution in [-0.2, 0) is 20.9 Å². The number of terminal acetylenes is 1. The van der Waals surface area contributed by atoms with Crippen LogP contribution in [0.5, 0.6) is 5.75 Å². The number of nitrogens with two attached hydrogens (primary N) is 1. The van der Waals surface area contributed by atoms with Crippen molar-refractivity contribution in [3.63, 3.8) is 0 Å². The second-order valence-electron chi connectivity index (χ2n) is 6.47. The molecule has 0 saturated carbocycles. The molecule has 2 rings (SSSR count). The van der Waals surface area contributed by atoms with Crippen LogP contribution in [0.2, 0.25) is 0 Å². The summed E-state index contributed by atoms with van der Waals surface area (Å²) in [4.78, 5) is 24.3. The van der Waals surface area contributed by atoms with E-state index in [0.29, 0.717) is 18.6 Å². The van der Waals surface area contributed by atoms with Gasteiger partial charge in [0.2, 0.25) is 0 Å². The van der Waals surface area contributed by atoms with Gasteiger partial charge in [0.1, 0.15) is 0 Å². The Balaban J connectivity index is 2.30. The molecule has 144 valence electrons. The number of unbranched alkanes of at least 4 members (excludes halogenated alkanes) is 1. The highest BCUT2D eigenvalue weighted by molar-refractivity contribution is 5.90. The van der Waals surface area contributed by atoms with Crippen molar-refractivity contribution in [1.29, 1.82) is 0 Å². The third kappa shape index (κ3) is 4.89. The maximum atomic E-state index is 12.4. The third-order valence-corrected chi connectivity index (χ3v) is 4.20. The van der Waals surface area contributed by atoms with E-state index in [1.54, 1.807) is 10.8 Å². The monoisotopic (exact) mass is 370 g/mol. The molecule has 6 heteroatoms. The van der Waals surface area contributed by atoms with E-state index in [-0.39, 0.29) is 19.1 Å². The number of aromatic nitrogens is 1. The predicted octanol–water partition coefficient (Wildman–Crippen LogP) is 3.02. The molecule has 0 spiro atoms. The Morgan fingerprint density at radius 3 is 2.67 bits per heavy atom. The van der Waals surface area contributed by atoms with Gasteiger partial charge in [0.05, 0.1) is 18.7 Å². The first-order valence-electron chi connectivity index (χ1n) is 9.17. The van der Waals surface area contributed by atoms with Crippen LogP contribution < -0.4 is 10.5 Å².